The SMILES string of the molecule is CSCCC(=O)N1CCCC(C(=O)c2ccc(Oc3ccccc3)cc2)C1. The highest BCUT2D eigenvalue weighted by Gasteiger charge is 2.28. The van der Waals surface area contributed by atoms with Gasteiger partial charge in [-0.3, -0.25) is 9.59 Å². The summed E-state index contributed by atoms with van der Waals surface area (Å²) in [6.07, 6.45) is 4.28. The van der Waals surface area contributed by atoms with E-state index in [1.165, 1.54) is 0 Å². The summed E-state index contributed by atoms with van der Waals surface area (Å²) in [4.78, 5) is 27.0. The summed E-state index contributed by atoms with van der Waals surface area (Å²) >= 11 is 1.67. The van der Waals surface area contributed by atoms with Crippen molar-refractivity contribution in [2.75, 3.05) is 25.1 Å². The molecule has 0 spiro atoms. The molecule has 1 heterocycles. The molecule has 27 heavy (non-hydrogen) atoms. The first-order valence-electron chi connectivity index (χ1n) is 9.31. The Morgan fingerprint density at radius 1 is 1.07 bits per heavy atom. The van der Waals surface area contributed by atoms with Crippen molar-refractivity contribution < 1.29 is 14.3 Å². The van der Waals surface area contributed by atoms with Gasteiger partial charge in [0.1, 0.15) is 11.5 Å². The molecule has 1 saturated heterocycles. The quantitative estimate of drug-likeness (QED) is 0.653. The Morgan fingerprint density at radius 3 is 2.48 bits per heavy atom. The third-order valence-electron chi connectivity index (χ3n) is 4.78. The zero-order valence-corrected chi connectivity index (χ0v) is 16.4. The second kappa shape index (κ2) is 9.60. The van der Waals surface area contributed by atoms with Crippen molar-refractivity contribution in [1.82, 2.24) is 4.90 Å². The molecule has 0 aromatic heterocycles. The van der Waals surface area contributed by atoms with Gasteiger partial charge in [0.25, 0.3) is 0 Å². The predicted octanol–water partition coefficient (Wildman–Crippen LogP) is 4.65. The Bertz CT molecular complexity index is 761. The molecule has 1 unspecified atom stereocenters. The molecule has 2 aromatic rings. The molecule has 1 aliphatic rings. The maximum absolute atomic E-state index is 12.9. The fourth-order valence-electron chi connectivity index (χ4n) is 3.31. The van der Waals surface area contributed by atoms with E-state index in [2.05, 4.69) is 0 Å². The van der Waals surface area contributed by atoms with Gasteiger partial charge in [-0.2, -0.15) is 11.8 Å². The lowest BCUT2D eigenvalue weighted by atomic mass is 9.90. The summed E-state index contributed by atoms with van der Waals surface area (Å²) in [6, 6.07) is 16.8. The predicted molar refractivity (Wildman–Crippen MR) is 110 cm³/mol. The van der Waals surface area contributed by atoms with Crippen LogP contribution in [-0.2, 0) is 4.79 Å². The van der Waals surface area contributed by atoms with Crippen LogP contribution in [0, 0.1) is 5.92 Å². The van der Waals surface area contributed by atoms with Gasteiger partial charge in [0.15, 0.2) is 5.78 Å². The van der Waals surface area contributed by atoms with Gasteiger partial charge in [-0.25, -0.2) is 0 Å². The number of carbonyl (C=O) groups is 2. The van der Waals surface area contributed by atoms with Crippen LogP contribution >= 0.6 is 11.8 Å². The second-order valence-electron chi connectivity index (χ2n) is 6.73. The number of rotatable bonds is 7. The Labute approximate surface area is 164 Å². The largest absolute Gasteiger partial charge is 0.457 e. The maximum Gasteiger partial charge on any atom is 0.223 e. The molecule has 142 valence electrons. The highest BCUT2D eigenvalue weighted by Crippen LogP contribution is 2.25. The lowest BCUT2D eigenvalue weighted by Gasteiger charge is -2.32. The second-order valence-corrected chi connectivity index (χ2v) is 7.71. The van der Waals surface area contributed by atoms with E-state index in [1.807, 2.05) is 65.8 Å². The van der Waals surface area contributed by atoms with Crippen molar-refractivity contribution in [3.63, 3.8) is 0 Å². The molecule has 1 atom stereocenters. The van der Waals surface area contributed by atoms with Crippen molar-refractivity contribution in [1.29, 1.82) is 0 Å². The Morgan fingerprint density at radius 2 is 1.78 bits per heavy atom. The van der Waals surface area contributed by atoms with Crippen molar-refractivity contribution in [3.05, 3.63) is 60.2 Å². The third-order valence-corrected chi connectivity index (χ3v) is 5.40. The number of nitrogens with zero attached hydrogens (tertiary/aromatic N) is 1. The molecule has 2 aromatic carbocycles. The summed E-state index contributed by atoms with van der Waals surface area (Å²) < 4.78 is 5.78. The van der Waals surface area contributed by atoms with Crippen LogP contribution in [0.2, 0.25) is 0 Å². The normalized spacial score (nSPS) is 16.8. The maximum atomic E-state index is 12.9. The van der Waals surface area contributed by atoms with Gasteiger partial charge >= 0.3 is 0 Å². The zero-order chi connectivity index (χ0) is 19.1. The van der Waals surface area contributed by atoms with Crippen LogP contribution in [0.3, 0.4) is 0 Å². The minimum Gasteiger partial charge on any atom is -0.457 e. The van der Waals surface area contributed by atoms with Gasteiger partial charge in [-0.15, -0.1) is 0 Å². The highest BCUT2D eigenvalue weighted by atomic mass is 32.2. The summed E-state index contributed by atoms with van der Waals surface area (Å²) in [7, 11) is 0. The number of carbonyl (C=O) groups excluding carboxylic acids is 2. The van der Waals surface area contributed by atoms with E-state index in [9.17, 15) is 9.59 Å². The first kappa shape index (κ1) is 19.5. The topological polar surface area (TPSA) is 46.6 Å². The molecule has 1 fully saturated rings. The van der Waals surface area contributed by atoms with Crippen molar-refractivity contribution in [3.8, 4) is 11.5 Å². The zero-order valence-electron chi connectivity index (χ0n) is 15.6. The number of ether oxygens (including phenoxy) is 1. The Hall–Kier alpha value is -2.27. The number of amides is 1. The number of ketones is 1. The number of hydrogen-bond donors (Lipinski definition) is 0. The van der Waals surface area contributed by atoms with Crippen LogP contribution in [-0.4, -0.2) is 41.7 Å². The van der Waals surface area contributed by atoms with Gasteiger partial charge in [0.05, 0.1) is 0 Å². The van der Waals surface area contributed by atoms with E-state index in [4.69, 9.17) is 4.74 Å². The average molecular weight is 384 g/mol. The molecule has 5 heteroatoms. The number of benzene rings is 2. The van der Waals surface area contributed by atoms with Gasteiger partial charge < -0.3 is 9.64 Å². The number of para-hydroxylation sites is 1. The minimum absolute atomic E-state index is 0.113. The van der Waals surface area contributed by atoms with Crippen molar-refractivity contribution in [2.24, 2.45) is 5.92 Å². The highest BCUT2D eigenvalue weighted by molar-refractivity contribution is 7.98. The number of thioether (sulfide) groups is 1. The van der Waals surface area contributed by atoms with E-state index < -0.39 is 0 Å². The molecule has 4 nitrogen and oxygen atoms in total. The summed E-state index contributed by atoms with van der Waals surface area (Å²) in [6.45, 7) is 1.30. The molecule has 0 aliphatic carbocycles. The lowest BCUT2D eigenvalue weighted by Crippen LogP contribution is -2.42. The Kier molecular flexibility index (Phi) is 6.93. The number of Topliss-reactive ketones (excluding diaryl/α,β-unsaturated/α-hetero) is 1. The molecule has 1 aliphatic heterocycles. The van der Waals surface area contributed by atoms with E-state index in [1.54, 1.807) is 11.8 Å². The van der Waals surface area contributed by atoms with Gasteiger partial charge in [-0.05, 0) is 55.5 Å². The fourth-order valence-corrected chi connectivity index (χ4v) is 3.69. The van der Waals surface area contributed by atoms with Crippen LogP contribution < -0.4 is 4.74 Å². The molecule has 0 bridgehead atoms. The average Bonchev–Trinajstić information content (AvgIpc) is 2.73. The monoisotopic (exact) mass is 383 g/mol. The first-order chi connectivity index (χ1) is 13.2. The molecule has 0 radical (unpaired) electrons. The third kappa shape index (κ3) is 5.36. The standard InChI is InChI=1S/C22H25NO3S/c1-27-15-13-21(24)23-14-5-6-18(16-23)22(25)17-9-11-20(12-10-17)26-19-7-3-2-4-8-19/h2-4,7-12,18H,5-6,13-16H2,1H3. The van der Waals surface area contributed by atoms with Crippen LogP contribution in [0.25, 0.3) is 0 Å². The van der Waals surface area contributed by atoms with E-state index in [0.29, 0.717) is 24.3 Å². The van der Waals surface area contributed by atoms with E-state index in [0.717, 1.165) is 30.9 Å². The fraction of sp³-hybridized carbons (Fsp3) is 0.364. The molecule has 0 N–H and O–H groups in total. The summed E-state index contributed by atoms with van der Waals surface area (Å²) in [5, 5.41) is 0. The number of likely N-dealkylation sites (tertiary alicyclic amines) is 1. The summed E-state index contributed by atoms with van der Waals surface area (Å²) in [5.41, 5.74) is 0.679. The molecular formula is C22H25NO3S. The molecule has 0 saturated carbocycles. The van der Waals surface area contributed by atoms with Crippen LogP contribution in [0.1, 0.15) is 29.6 Å². The first-order valence-corrected chi connectivity index (χ1v) is 10.7. The van der Waals surface area contributed by atoms with E-state index in [-0.39, 0.29) is 17.6 Å². The van der Waals surface area contributed by atoms with E-state index >= 15 is 0 Å². The van der Waals surface area contributed by atoms with Crippen LogP contribution in [0.4, 0.5) is 0 Å². The summed E-state index contributed by atoms with van der Waals surface area (Å²) in [5.74, 6) is 2.46. The van der Waals surface area contributed by atoms with Gasteiger partial charge in [0.2, 0.25) is 5.91 Å². The number of hydrogen-bond acceptors (Lipinski definition) is 4. The van der Waals surface area contributed by atoms with Crippen LogP contribution in [0.5, 0.6) is 11.5 Å². The van der Waals surface area contributed by atoms with Crippen molar-refractivity contribution >= 4 is 23.5 Å². The smallest absolute Gasteiger partial charge is 0.223 e. The molecular weight excluding hydrogens is 358 g/mol. The minimum atomic E-state index is -0.113. The molecule has 1 amide bonds. The molecule has 3 rings (SSSR count). The van der Waals surface area contributed by atoms with Crippen LogP contribution in [0.15, 0.2) is 54.6 Å². The van der Waals surface area contributed by atoms with Gasteiger partial charge in [-0.1, -0.05) is 18.2 Å². The van der Waals surface area contributed by atoms with Crippen molar-refractivity contribution in [2.45, 2.75) is 19.3 Å². The lowest BCUT2D eigenvalue weighted by molar-refractivity contribution is -0.132. The number of piperidine rings is 1. The van der Waals surface area contributed by atoms with Gasteiger partial charge in [0, 0.05) is 36.7 Å². The Balaban J connectivity index is 1.60.